The van der Waals surface area contributed by atoms with Gasteiger partial charge in [-0.15, -0.1) is 0 Å². The van der Waals surface area contributed by atoms with Crippen LogP contribution in [-0.2, 0) is 19.1 Å². The van der Waals surface area contributed by atoms with Crippen molar-refractivity contribution in [2.45, 2.75) is 52.6 Å². The normalized spacial score (nSPS) is 25.4. The summed E-state index contributed by atoms with van der Waals surface area (Å²) < 4.78 is 9.89. The second kappa shape index (κ2) is 5.90. The zero-order valence-corrected chi connectivity index (χ0v) is 12.2. The molecule has 0 aliphatic heterocycles. The summed E-state index contributed by atoms with van der Waals surface area (Å²) >= 11 is 0. The minimum Gasteiger partial charge on any atom is -0.465 e. The Labute approximate surface area is 114 Å². The van der Waals surface area contributed by atoms with Crippen LogP contribution in [0.5, 0.6) is 0 Å². The fourth-order valence-corrected chi connectivity index (χ4v) is 2.83. The first kappa shape index (κ1) is 16.0. The standard InChI is InChI=1S/C14H24O5/c1-5-18-11(15)10(12(16)19-6-2)14(17)9-7-8-13(14,3)4/h10,17H,5-9H2,1-4H3. The van der Waals surface area contributed by atoms with Gasteiger partial charge in [0.2, 0.25) is 0 Å². The number of esters is 2. The highest BCUT2D eigenvalue weighted by Gasteiger charge is 2.59. The van der Waals surface area contributed by atoms with Crippen LogP contribution in [-0.4, -0.2) is 35.9 Å². The second-order valence-corrected chi connectivity index (χ2v) is 5.60. The lowest BCUT2D eigenvalue weighted by Gasteiger charge is -2.40. The summed E-state index contributed by atoms with van der Waals surface area (Å²) in [5.74, 6) is -2.65. The first-order valence-corrected chi connectivity index (χ1v) is 6.85. The molecule has 110 valence electrons. The molecule has 0 radical (unpaired) electrons. The largest absolute Gasteiger partial charge is 0.465 e. The fourth-order valence-electron chi connectivity index (χ4n) is 2.83. The summed E-state index contributed by atoms with van der Waals surface area (Å²) in [5.41, 5.74) is -1.91. The SMILES string of the molecule is CCOC(=O)C(C(=O)OCC)C1(O)CCCC1(C)C. The summed E-state index contributed by atoms with van der Waals surface area (Å²) in [5, 5.41) is 10.9. The molecule has 0 aromatic rings. The van der Waals surface area contributed by atoms with Crippen LogP contribution in [0.3, 0.4) is 0 Å². The van der Waals surface area contributed by atoms with Gasteiger partial charge in [0.1, 0.15) is 0 Å². The Hall–Kier alpha value is -1.10. The first-order valence-electron chi connectivity index (χ1n) is 6.85. The van der Waals surface area contributed by atoms with E-state index in [9.17, 15) is 14.7 Å². The smallest absolute Gasteiger partial charge is 0.323 e. The van der Waals surface area contributed by atoms with Gasteiger partial charge in [-0.2, -0.15) is 0 Å². The van der Waals surface area contributed by atoms with Crippen LogP contribution >= 0.6 is 0 Å². The van der Waals surface area contributed by atoms with Crippen molar-refractivity contribution < 1.29 is 24.2 Å². The molecule has 0 bridgehead atoms. The molecule has 0 saturated heterocycles. The number of rotatable bonds is 5. The van der Waals surface area contributed by atoms with Crippen molar-refractivity contribution in [3.05, 3.63) is 0 Å². The molecule has 1 rings (SSSR count). The van der Waals surface area contributed by atoms with E-state index in [0.29, 0.717) is 6.42 Å². The average Bonchev–Trinajstić information content (AvgIpc) is 2.54. The third-order valence-electron chi connectivity index (χ3n) is 4.05. The Bertz CT molecular complexity index is 332. The van der Waals surface area contributed by atoms with Crippen LogP contribution in [0.25, 0.3) is 0 Å². The lowest BCUT2D eigenvalue weighted by atomic mass is 9.70. The van der Waals surface area contributed by atoms with E-state index in [0.717, 1.165) is 12.8 Å². The quantitative estimate of drug-likeness (QED) is 0.609. The van der Waals surface area contributed by atoms with Crippen LogP contribution in [0.2, 0.25) is 0 Å². The number of hydrogen-bond acceptors (Lipinski definition) is 5. The van der Waals surface area contributed by atoms with Gasteiger partial charge >= 0.3 is 11.9 Å². The number of carbonyl (C=O) groups is 2. The first-order chi connectivity index (χ1) is 8.80. The van der Waals surface area contributed by atoms with Gasteiger partial charge < -0.3 is 14.6 Å². The minimum absolute atomic E-state index is 0.172. The van der Waals surface area contributed by atoms with E-state index in [2.05, 4.69) is 0 Å². The summed E-state index contributed by atoms with van der Waals surface area (Å²) in [7, 11) is 0. The molecular weight excluding hydrogens is 248 g/mol. The fraction of sp³-hybridized carbons (Fsp3) is 0.857. The Kier molecular flexibility index (Phi) is 4.96. The molecule has 1 N–H and O–H groups in total. The third kappa shape index (κ3) is 2.91. The predicted octanol–water partition coefficient (Wildman–Crippen LogP) is 1.67. The number of carbonyl (C=O) groups excluding carboxylic acids is 2. The molecule has 1 aliphatic rings. The third-order valence-corrected chi connectivity index (χ3v) is 4.05. The molecule has 1 fully saturated rings. The highest BCUT2D eigenvalue weighted by atomic mass is 16.6. The maximum absolute atomic E-state index is 12.1. The van der Waals surface area contributed by atoms with E-state index >= 15 is 0 Å². The minimum atomic E-state index is -1.40. The van der Waals surface area contributed by atoms with Crippen molar-refractivity contribution >= 4 is 11.9 Å². The Morgan fingerprint density at radius 2 is 1.58 bits per heavy atom. The number of aliphatic hydroxyl groups is 1. The van der Waals surface area contributed by atoms with E-state index in [-0.39, 0.29) is 13.2 Å². The van der Waals surface area contributed by atoms with Crippen LogP contribution < -0.4 is 0 Å². The zero-order valence-electron chi connectivity index (χ0n) is 12.2. The van der Waals surface area contributed by atoms with Crippen molar-refractivity contribution in [1.82, 2.24) is 0 Å². The molecule has 1 aliphatic carbocycles. The Balaban J connectivity index is 3.09. The Morgan fingerprint density at radius 3 is 1.89 bits per heavy atom. The van der Waals surface area contributed by atoms with Gasteiger partial charge in [0.05, 0.1) is 18.8 Å². The van der Waals surface area contributed by atoms with Crippen LogP contribution in [0.4, 0.5) is 0 Å². The summed E-state index contributed by atoms with van der Waals surface area (Å²) in [4.78, 5) is 24.1. The van der Waals surface area contributed by atoms with Gasteiger partial charge in [0, 0.05) is 0 Å². The van der Waals surface area contributed by atoms with Crippen molar-refractivity contribution in [3.63, 3.8) is 0 Å². The highest BCUT2D eigenvalue weighted by Crippen LogP contribution is 2.50. The molecule has 5 heteroatoms. The van der Waals surface area contributed by atoms with E-state index in [1.54, 1.807) is 13.8 Å². The van der Waals surface area contributed by atoms with Gasteiger partial charge in [-0.25, -0.2) is 0 Å². The Morgan fingerprint density at radius 1 is 1.11 bits per heavy atom. The summed E-state index contributed by atoms with van der Waals surface area (Å²) in [6.45, 7) is 7.42. The summed E-state index contributed by atoms with van der Waals surface area (Å²) in [6, 6.07) is 0. The monoisotopic (exact) mass is 272 g/mol. The number of hydrogen-bond donors (Lipinski definition) is 1. The molecule has 0 aromatic heterocycles. The van der Waals surface area contributed by atoms with E-state index < -0.39 is 28.9 Å². The van der Waals surface area contributed by atoms with Crippen molar-refractivity contribution in [1.29, 1.82) is 0 Å². The van der Waals surface area contributed by atoms with Gasteiger partial charge in [0.25, 0.3) is 0 Å². The number of ether oxygens (including phenoxy) is 2. The van der Waals surface area contributed by atoms with Crippen molar-refractivity contribution in [3.8, 4) is 0 Å². The molecule has 0 spiro atoms. The van der Waals surface area contributed by atoms with E-state index in [1.807, 2.05) is 13.8 Å². The lowest BCUT2D eigenvalue weighted by molar-refractivity contribution is -0.183. The van der Waals surface area contributed by atoms with Gasteiger partial charge in [-0.05, 0) is 38.5 Å². The van der Waals surface area contributed by atoms with Crippen molar-refractivity contribution in [2.24, 2.45) is 11.3 Å². The molecular formula is C14H24O5. The molecule has 0 amide bonds. The van der Waals surface area contributed by atoms with Gasteiger partial charge in [-0.3, -0.25) is 9.59 Å². The molecule has 0 heterocycles. The predicted molar refractivity (Wildman–Crippen MR) is 69.3 cm³/mol. The van der Waals surface area contributed by atoms with E-state index in [4.69, 9.17) is 9.47 Å². The molecule has 19 heavy (non-hydrogen) atoms. The van der Waals surface area contributed by atoms with Crippen LogP contribution in [0.15, 0.2) is 0 Å². The van der Waals surface area contributed by atoms with Crippen LogP contribution in [0, 0.1) is 11.3 Å². The topological polar surface area (TPSA) is 72.8 Å². The molecule has 5 nitrogen and oxygen atoms in total. The summed E-state index contributed by atoms with van der Waals surface area (Å²) in [6.07, 6.45) is 1.94. The molecule has 0 aromatic carbocycles. The second-order valence-electron chi connectivity index (χ2n) is 5.60. The molecule has 1 unspecified atom stereocenters. The zero-order chi connectivity index (χ0) is 14.7. The van der Waals surface area contributed by atoms with Gasteiger partial charge in [-0.1, -0.05) is 13.8 Å². The van der Waals surface area contributed by atoms with Crippen molar-refractivity contribution in [2.75, 3.05) is 13.2 Å². The average molecular weight is 272 g/mol. The van der Waals surface area contributed by atoms with Crippen LogP contribution in [0.1, 0.15) is 47.0 Å². The maximum Gasteiger partial charge on any atom is 0.323 e. The molecule has 1 atom stereocenters. The molecule has 1 saturated carbocycles. The highest BCUT2D eigenvalue weighted by molar-refractivity contribution is 5.96. The maximum atomic E-state index is 12.1. The van der Waals surface area contributed by atoms with Gasteiger partial charge in [0.15, 0.2) is 5.92 Å². The lowest BCUT2D eigenvalue weighted by Crippen LogP contribution is -2.54. The van der Waals surface area contributed by atoms with E-state index in [1.165, 1.54) is 0 Å².